The van der Waals surface area contributed by atoms with E-state index in [4.69, 9.17) is 5.14 Å². The van der Waals surface area contributed by atoms with Crippen molar-refractivity contribution in [3.8, 4) is 0 Å². The predicted molar refractivity (Wildman–Crippen MR) is 73.2 cm³/mol. The second-order valence-corrected chi connectivity index (χ2v) is 7.53. The Morgan fingerprint density at radius 3 is 2.39 bits per heavy atom. The first-order valence-electron chi connectivity index (χ1n) is 6.31. The molecule has 0 radical (unpaired) electrons. The van der Waals surface area contributed by atoms with Crippen LogP contribution < -0.4 is 10.5 Å². The van der Waals surface area contributed by atoms with Crippen molar-refractivity contribution in [1.29, 1.82) is 0 Å². The van der Waals surface area contributed by atoms with Crippen LogP contribution in [0.25, 0.3) is 0 Å². The Morgan fingerprint density at radius 2 is 1.83 bits per heavy atom. The summed E-state index contributed by atoms with van der Waals surface area (Å²) in [5.41, 5.74) is 0. The second kappa shape index (κ2) is 5.99. The van der Waals surface area contributed by atoms with Crippen molar-refractivity contribution in [1.82, 2.24) is 4.98 Å². The lowest BCUT2D eigenvalue weighted by Gasteiger charge is -2.20. The van der Waals surface area contributed by atoms with E-state index in [0.717, 1.165) is 24.2 Å². The van der Waals surface area contributed by atoms with Crippen molar-refractivity contribution >= 4 is 26.5 Å². The largest absolute Gasteiger partial charge is 0.359 e. The second-order valence-electron chi connectivity index (χ2n) is 4.72. The fourth-order valence-corrected chi connectivity index (χ4v) is 3.76. The highest BCUT2D eigenvalue weighted by atomic mass is 32.2. The maximum atomic E-state index is 11.2. The standard InChI is InChI=1S/C11H19N3O2S2/c12-18(15,16)10-8-13-11(17-10)14-9-6-4-2-1-3-5-7-9/h8-9H,1-7H2,(H,13,14)(H2,12,15,16). The highest BCUT2D eigenvalue weighted by Crippen LogP contribution is 2.25. The van der Waals surface area contributed by atoms with Gasteiger partial charge in [-0.1, -0.05) is 43.4 Å². The van der Waals surface area contributed by atoms with Gasteiger partial charge in [0.2, 0.25) is 10.0 Å². The lowest BCUT2D eigenvalue weighted by molar-refractivity contribution is 0.471. The molecule has 0 saturated heterocycles. The zero-order valence-corrected chi connectivity index (χ0v) is 11.9. The fraction of sp³-hybridized carbons (Fsp3) is 0.727. The fourth-order valence-electron chi connectivity index (χ4n) is 2.23. The molecule has 1 heterocycles. The quantitative estimate of drug-likeness (QED) is 0.894. The molecule has 0 bridgehead atoms. The summed E-state index contributed by atoms with van der Waals surface area (Å²) < 4.78 is 22.4. The molecule has 0 spiro atoms. The summed E-state index contributed by atoms with van der Waals surface area (Å²) in [6, 6.07) is 0.407. The molecule has 2 rings (SSSR count). The highest BCUT2D eigenvalue weighted by molar-refractivity contribution is 7.91. The van der Waals surface area contributed by atoms with Crippen molar-refractivity contribution in [2.24, 2.45) is 5.14 Å². The molecule has 1 aromatic rings. The molecule has 18 heavy (non-hydrogen) atoms. The monoisotopic (exact) mass is 289 g/mol. The average molecular weight is 289 g/mol. The van der Waals surface area contributed by atoms with Crippen molar-refractivity contribution in [3.05, 3.63) is 6.20 Å². The Labute approximate surface area is 112 Å². The van der Waals surface area contributed by atoms with Gasteiger partial charge in [0.25, 0.3) is 0 Å². The molecule has 7 heteroatoms. The van der Waals surface area contributed by atoms with Crippen molar-refractivity contribution < 1.29 is 8.42 Å². The zero-order chi connectivity index (χ0) is 13.0. The number of thiazole rings is 1. The summed E-state index contributed by atoms with van der Waals surface area (Å²) in [5, 5.41) is 9.05. The van der Waals surface area contributed by atoms with Crippen molar-refractivity contribution in [2.75, 3.05) is 5.32 Å². The molecule has 1 fully saturated rings. The van der Waals surface area contributed by atoms with E-state index in [9.17, 15) is 8.42 Å². The van der Waals surface area contributed by atoms with Crippen molar-refractivity contribution in [3.63, 3.8) is 0 Å². The Hall–Kier alpha value is -0.660. The summed E-state index contributed by atoms with van der Waals surface area (Å²) in [7, 11) is -3.62. The SMILES string of the molecule is NS(=O)(=O)c1cnc(NC2CCCCCCC2)s1. The van der Waals surface area contributed by atoms with Crippen molar-refractivity contribution in [2.45, 2.75) is 55.2 Å². The molecular weight excluding hydrogens is 270 g/mol. The third kappa shape index (κ3) is 3.93. The summed E-state index contributed by atoms with van der Waals surface area (Å²) >= 11 is 1.11. The minimum Gasteiger partial charge on any atom is -0.359 e. The summed E-state index contributed by atoms with van der Waals surface area (Å²) in [6.07, 6.45) is 9.95. The Morgan fingerprint density at radius 1 is 1.22 bits per heavy atom. The minimum absolute atomic E-state index is 0.121. The lowest BCUT2D eigenvalue weighted by atomic mass is 9.97. The van der Waals surface area contributed by atoms with Crippen LogP contribution in [0.5, 0.6) is 0 Å². The van der Waals surface area contributed by atoms with Crippen LogP contribution in [0, 0.1) is 0 Å². The molecule has 1 aromatic heterocycles. The van der Waals surface area contributed by atoms with Gasteiger partial charge in [0.1, 0.15) is 0 Å². The average Bonchev–Trinajstić information content (AvgIpc) is 2.69. The first-order valence-corrected chi connectivity index (χ1v) is 8.67. The van der Waals surface area contributed by atoms with Crippen LogP contribution in [0.2, 0.25) is 0 Å². The van der Waals surface area contributed by atoms with Gasteiger partial charge in [0, 0.05) is 6.04 Å². The molecule has 0 aromatic carbocycles. The van der Waals surface area contributed by atoms with E-state index in [1.54, 1.807) is 0 Å². The van der Waals surface area contributed by atoms with Gasteiger partial charge in [-0.3, -0.25) is 0 Å². The smallest absolute Gasteiger partial charge is 0.249 e. The van der Waals surface area contributed by atoms with Gasteiger partial charge in [-0.25, -0.2) is 18.5 Å². The molecular formula is C11H19N3O2S2. The number of hydrogen-bond donors (Lipinski definition) is 2. The van der Waals surface area contributed by atoms with Gasteiger partial charge >= 0.3 is 0 Å². The number of sulfonamides is 1. The van der Waals surface area contributed by atoms with E-state index in [2.05, 4.69) is 10.3 Å². The van der Waals surface area contributed by atoms with Gasteiger partial charge in [-0.05, 0) is 12.8 Å². The van der Waals surface area contributed by atoms with Crippen LogP contribution >= 0.6 is 11.3 Å². The molecule has 5 nitrogen and oxygen atoms in total. The molecule has 102 valence electrons. The number of hydrogen-bond acceptors (Lipinski definition) is 5. The van der Waals surface area contributed by atoms with Crippen LogP contribution in [0.1, 0.15) is 44.9 Å². The Bertz CT molecular complexity index is 476. The summed E-state index contributed by atoms with van der Waals surface area (Å²) in [5.74, 6) is 0. The topological polar surface area (TPSA) is 85.1 Å². The minimum atomic E-state index is -3.62. The van der Waals surface area contributed by atoms with Crippen LogP contribution in [0.4, 0.5) is 5.13 Å². The number of anilines is 1. The first-order chi connectivity index (χ1) is 8.55. The molecule has 0 atom stereocenters. The van der Waals surface area contributed by atoms with Crippen LogP contribution in [0.15, 0.2) is 10.4 Å². The molecule has 0 aliphatic heterocycles. The van der Waals surface area contributed by atoms with E-state index < -0.39 is 10.0 Å². The molecule has 1 saturated carbocycles. The predicted octanol–water partition coefficient (Wildman–Crippen LogP) is 2.32. The number of primary sulfonamides is 1. The van der Waals surface area contributed by atoms with Crippen LogP contribution in [-0.2, 0) is 10.0 Å². The van der Waals surface area contributed by atoms with E-state index in [1.165, 1.54) is 38.3 Å². The van der Waals surface area contributed by atoms with E-state index in [0.29, 0.717) is 11.2 Å². The van der Waals surface area contributed by atoms with Gasteiger partial charge in [-0.2, -0.15) is 0 Å². The van der Waals surface area contributed by atoms with E-state index in [1.807, 2.05) is 0 Å². The van der Waals surface area contributed by atoms with Gasteiger partial charge < -0.3 is 5.32 Å². The highest BCUT2D eigenvalue weighted by Gasteiger charge is 2.16. The van der Waals surface area contributed by atoms with E-state index in [-0.39, 0.29) is 4.21 Å². The molecule has 0 amide bonds. The maximum absolute atomic E-state index is 11.2. The molecule has 0 unspecified atom stereocenters. The third-order valence-electron chi connectivity index (χ3n) is 3.20. The maximum Gasteiger partial charge on any atom is 0.249 e. The zero-order valence-electron chi connectivity index (χ0n) is 10.3. The first kappa shape index (κ1) is 13.8. The van der Waals surface area contributed by atoms with Gasteiger partial charge in [-0.15, -0.1) is 0 Å². The normalized spacial score (nSPS) is 19.2. The number of rotatable bonds is 3. The van der Waals surface area contributed by atoms with E-state index >= 15 is 0 Å². The Balaban J connectivity index is 1.97. The number of nitrogens with zero attached hydrogens (tertiary/aromatic N) is 1. The summed E-state index contributed by atoms with van der Waals surface area (Å²) in [6.45, 7) is 0. The number of nitrogens with two attached hydrogens (primary N) is 1. The molecule has 3 N–H and O–H groups in total. The van der Waals surface area contributed by atoms with Gasteiger partial charge in [0.15, 0.2) is 9.34 Å². The molecule has 1 aliphatic rings. The summed E-state index contributed by atoms with van der Waals surface area (Å²) in [4.78, 5) is 4.08. The number of nitrogens with one attached hydrogen (secondary N) is 1. The third-order valence-corrected chi connectivity index (χ3v) is 5.53. The molecule has 1 aliphatic carbocycles. The Kier molecular flexibility index (Phi) is 4.58. The lowest BCUT2D eigenvalue weighted by Crippen LogP contribution is -2.20. The van der Waals surface area contributed by atoms with Gasteiger partial charge in [0.05, 0.1) is 6.20 Å². The van der Waals surface area contributed by atoms with Crippen LogP contribution in [-0.4, -0.2) is 19.4 Å². The number of aromatic nitrogens is 1. The van der Waals surface area contributed by atoms with Crippen LogP contribution in [0.3, 0.4) is 0 Å².